The maximum Gasteiger partial charge on any atom is 0.304 e. The predicted molar refractivity (Wildman–Crippen MR) is 67.0 cm³/mol. The van der Waals surface area contributed by atoms with Crippen LogP contribution in [0.5, 0.6) is 5.75 Å². The molecule has 4 heteroatoms. The Morgan fingerprint density at radius 3 is 2.67 bits per heavy atom. The molecule has 1 aromatic rings. The van der Waals surface area contributed by atoms with Crippen LogP contribution < -0.4 is 4.74 Å². The first-order chi connectivity index (χ1) is 8.49. The Labute approximate surface area is 107 Å². The molecule has 0 radical (unpaired) electrons. The standard InChI is InChI=1S/C14H18O4/c1-14(2,7-13(15)16)11-5-3-4-6-12(11)18-10-8-17-9-10/h3-6,10H,7-9H2,1-2H3,(H,15,16). The van der Waals surface area contributed by atoms with Gasteiger partial charge in [-0.05, 0) is 6.07 Å². The molecular formula is C14H18O4. The Bertz CT molecular complexity index is 435. The minimum atomic E-state index is -0.804. The summed E-state index contributed by atoms with van der Waals surface area (Å²) in [6.45, 7) is 5.04. The van der Waals surface area contributed by atoms with Gasteiger partial charge in [-0.1, -0.05) is 32.0 Å². The first-order valence-electron chi connectivity index (χ1n) is 6.05. The van der Waals surface area contributed by atoms with Gasteiger partial charge >= 0.3 is 5.97 Å². The van der Waals surface area contributed by atoms with Crippen LogP contribution in [-0.4, -0.2) is 30.4 Å². The van der Waals surface area contributed by atoms with Crippen LogP contribution in [0.15, 0.2) is 24.3 Å². The molecule has 1 heterocycles. The van der Waals surface area contributed by atoms with E-state index >= 15 is 0 Å². The van der Waals surface area contributed by atoms with Gasteiger partial charge in [0, 0.05) is 11.0 Å². The fourth-order valence-electron chi connectivity index (χ4n) is 2.06. The second kappa shape index (κ2) is 4.98. The number of carboxylic acid groups (broad SMARTS) is 1. The molecule has 1 aliphatic rings. The number of rotatable bonds is 5. The Hall–Kier alpha value is -1.55. The van der Waals surface area contributed by atoms with Crippen molar-refractivity contribution in [3.8, 4) is 5.75 Å². The topological polar surface area (TPSA) is 55.8 Å². The molecule has 1 aromatic carbocycles. The van der Waals surface area contributed by atoms with Crippen molar-refractivity contribution < 1.29 is 19.4 Å². The van der Waals surface area contributed by atoms with Gasteiger partial charge < -0.3 is 14.6 Å². The van der Waals surface area contributed by atoms with E-state index in [1.165, 1.54) is 0 Å². The minimum absolute atomic E-state index is 0.0779. The van der Waals surface area contributed by atoms with E-state index in [0.29, 0.717) is 13.2 Å². The quantitative estimate of drug-likeness (QED) is 0.870. The van der Waals surface area contributed by atoms with Crippen molar-refractivity contribution in [2.24, 2.45) is 0 Å². The fourth-order valence-corrected chi connectivity index (χ4v) is 2.06. The monoisotopic (exact) mass is 250 g/mol. The van der Waals surface area contributed by atoms with Gasteiger partial charge in [0.05, 0.1) is 19.6 Å². The summed E-state index contributed by atoms with van der Waals surface area (Å²) in [5.74, 6) is -0.0427. The van der Waals surface area contributed by atoms with E-state index in [2.05, 4.69) is 0 Å². The molecule has 98 valence electrons. The molecule has 0 spiro atoms. The predicted octanol–water partition coefficient (Wildman–Crippen LogP) is 2.22. The lowest BCUT2D eigenvalue weighted by molar-refractivity contribution is -0.138. The third kappa shape index (κ3) is 2.82. The summed E-state index contributed by atoms with van der Waals surface area (Å²) in [5, 5.41) is 8.98. The van der Waals surface area contributed by atoms with Crippen LogP contribution in [0, 0.1) is 0 Å². The molecule has 0 aliphatic carbocycles. The molecule has 0 unspecified atom stereocenters. The Morgan fingerprint density at radius 2 is 2.11 bits per heavy atom. The molecule has 18 heavy (non-hydrogen) atoms. The van der Waals surface area contributed by atoms with E-state index in [0.717, 1.165) is 11.3 Å². The van der Waals surface area contributed by atoms with Crippen LogP contribution in [0.4, 0.5) is 0 Å². The number of ether oxygens (including phenoxy) is 2. The number of benzene rings is 1. The van der Waals surface area contributed by atoms with E-state index < -0.39 is 11.4 Å². The molecular weight excluding hydrogens is 232 g/mol. The molecule has 2 rings (SSSR count). The van der Waals surface area contributed by atoms with Crippen LogP contribution in [0.3, 0.4) is 0 Å². The lowest BCUT2D eigenvalue weighted by Gasteiger charge is -2.31. The number of hydrogen-bond donors (Lipinski definition) is 1. The number of hydrogen-bond acceptors (Lipinski definition) is 3. The zero-order valence-electron chi connectivity index (χ0n) is 10.7. The van der Waals surface area contributed by atoms with Gasteiger partial charge in [-0.2, -0.15) is 0 Å². The smallest absolute Gasteiger partial charge is 0.304 e. The largest absolute Gasteiger partial charge is 0.485 e. The lowest BCUT2D eigenvalue weighted by Crippen LogP contribution is -2.39. The van der Waals surface area contributed by atoms with Crippen molar-refractivity contribution in [2.75, 3.05) is 13.2 Å². The molecule has 1 aliphatic heterocycles. The van der Waals surface area contributed by atoms with Gasteiger partial charge in [0.1, 0.15) is 11.9 Å². The Balaban J connectivity index is 2.22. The highest BCUT2D eigenvalue weighted by Gasteiger charge is 2.29. The summed E-state index contributed by atoms with van der Waals surface area (Å²) in [6, 6.07) is 7.62. The Kier molecular flexibility index (Phi) is 3.57. The molecule has 0 amide bonds. The highest BCUT2D eigenvalue weighted by atomic mass is 16.6. The minimum Gasteiger partial charge on any atom is -0.485 e. The van der Waals surface area contributed by atoms with Crippen LogP contribution in [-0.2, 0) is 14.9 Å². The van der Waals surface area contributed by atoms with Crippen LogP contribution in [0.25, 0.3) is 0 Å². The first-order valence-corrected chi connectivity index (χ1v) is 6.05. The summed E-state index contributed by atoms with van der Waals surface area (Å²) >= 11 is 0. The summed E-state index contributed by atoms with van der Waals surface area (Å²) in [7, 11) is 0. The highest BCUT2D eigenvalue weighted by molar-refractivity contribution is 5.69. The average molecular weight is 250 g/mol. The van der Waals surface area contributed by atoms with E-state index in [-0.39, 0.29) is 12.5 Å². The molecule has 0 bridgehead atoms. The molecule has 1 N–H and O–H groups in total. The van der Waals surface area contributed by atoms with Crippen molar-refractivity contribution in [3.63, 3.8) is 0 Å². The second-order valence-corrected chi connectivity index (χ2v) is 5.23. The van der Waals surface area contributed by atoms with Crippen LogP contribution in [0.2, 0.25) is 0 Å². The van der Waals surface area contributed by atoms with E-state index in [1.807, 2.05) is 38.1 Å². The number of carboxylic acids is 1. The normalized spacial score (nSPS) is 16.1. The zero-order valence-corrected chi connectivity index (χ0v) is 10.7. The maximum absolute atomic E-state index is 10.9. The molecule has 1 saturated heterocycles. The number of aliphatic carboxylic acids is 1. The number of carbonyl (C=O) groups is 1. The second-order valence-electron chi connectivity index (χ2n) is 5.23. The molecule has 1 fully saturated rings. The zero-order chi connectivity index (χ0) is 13.2. The van der Waals surface area contributed by atoms with E-state index in [9.17, 15) is 4.79 Å². The van der Waals surface area contributed by atoms with Crippen molar-refractivity contribution in [1.82, 2.24) is 0 Å². The van der Waals surface area contributed by atoms with Crippen molar-refractivity contribution in [3.05, 3.63) is 29.8 Å². The maximum atomic E-state index is 10.9. The average Bonchev–Trinajstić information content (AvgIpc) is 2.22. The lowest BCUT2D eigenvalue weighted by atomic mass is 9.81. The van der Waals surface area contributed by atoms with Crippen LogP contribution >= 0.6 is 0 Å². The summed E-state index contributed by atoms with van der Waals surface area (Å²) in [4.78, 5) is 10.9. The van der Waals surface area contributed by atoms with Gasteiger partial charge in [0.25, 0.3) is 0 Å². The highest BCUT2D eigenvalue weighted by Crippen LogP contribution is 2.35. The van der Waals surface area contributed by atoms with Crippen molar-refractivity contribution in [1.29, 1.82) is 0 Å². The van der Waals surface area contributed by atoms with Gasteiger partial charge in [0.15, 0.2) is 0 Å². The molecule has 0 aromatic heterocycles. The SMILES string of the molecule is CC(C)(CC(=O)O)c1ccccc1OC1COC1. The first kappa shape index (κ1) is 12.9. The molecule has 4 nitrogen and oxygen atoms in total. The molecule has 0 atom stereocenters. The third-order valence-electron chi connectivity index (χ3n) is 3.11. The van der Waals surface area contributed by atoms with Gasteiger partial charge in [-0.25, -0.2) is 0 Å². The fraction of sp³-hybridized carbons (Fsp3) is 0.500. The van der Waals surface area contributed by atoms with Gasteiger partial charge in [0.2, 0.25) is 0 Å². The third-order valence-corrected chi connectivity index (χ3v) is 3.11. The van der Waals surface area contributed by atoms with Gasteiger partial charge in [-0.15, -0.1) is 0 Å². The van der Waals surface area contributed by atoms with Crippen molar-refractivity contribution in [2.45, 2.75) is 31.8 Å². The van der Waals surface area contributed by atoms with Crippen LogP contribution in [0.1, 0.15) is 25.8 Å². The summed E-state index contributed by atoms with van der Waals surface area (Å²) in [6.07, 6.45) is 0.168. The molecule has 0 saturated carbocycles. The van der Waals surface area contributed by atoms with Crippen molar-refractivity contribution >= 4 is 5.97 Å². The van der Waals surface area contributed by atoms with E-state index in [4.69, 9.17) is 14.6 Å². The van der Waals surface area contributed by atoms with E-state index in [1.54, 1.807) is 0 Å². The van der Waals surface area contributed by atoms with Gasteiger partial charge in [-0.3, -0.25) is 4.79 Å². The summed E-state index contributed by atoms with van der Waals surface area (Å²) in [5.41, 5.74) is 0.479. The summed E-state index contributed by atoms with van der Waals surface area (Å²) < 4.78 is 10.9. The number of para-hydroxylation sites is 1. The Morgan fingerprint density at radius 1 is 1.44 bits per heavy atom.